The summed E-state index contributed by atoms with van der Waals surface area (Å²) in [6.07, 6.45) is 2.34. The van der Waals surface area contributed by atoms with Crippen molar-refractivity contribution in [3.8, 4) is 0 Å². The number of ketones is 1. The van der Waals surface area contributed by atoms with Crippen LogP contribution in [0.1, 0.15) is 35.0 Å². The Morgan fingerprint density at radius 2 is 1.87 bits per heavy atom. The number of nitrogens with one attached hydrogen (secondary N) is 1. The third-order valence-electron chi connectivity index (χ3n) is 4.82. The Bertz CT molecular complexity index is 1220. The van der Waals surface area contributed by atoms with Crippen molar-refractivity contribution in [2.45, 2.75) is 26.3 Å². The maximum absolute atomic E-state index is 13.5. The van der Waals surface area contributed by atoms with Gasteiger partial charge in [-0.1, -0.05) is 48.3 Å². The summed E-state index contributed by atoms with van der Waals surface area (Å²) in [6.45, 7) is 2.86. The molecule has 2 aromatic carbocycles. The van der Waals surface area contributed by atoms with E-state index < -0.39 is 10.0 Å². The molecule has 0 amide bonds. The zero-order valence-corrected chi connectivity index (χ0v) is 20.4. The first-order valence-electron chi connectivity index (χ1n) is 9.38. The molecule has 0 aliphatic carbocycles. The van der Waals surface area contributed by atoms with Crippen molar-refractivity contribution in [1.29, 1.82) is 0 Å². The van der Waals surface area contributed by atoms with Crippen LogP contribution in [0.2, 0.25) is 10.0 Å². The normalized spacial score (nSPS) is 11.9. The highest BCUT2D eigenvalue weighted by atomic mass is 79.9. The van der Waals surface area contributed by atoms with Crippen molar-refractivity contribution in [3.05, 3.63) is 67.7 Å². The molecule has 3 rings (SSSR count). The fourth-order valence-corrected chi connectivity index (χ4v) is 5.07. The maximum atomic E-state index is 13.5. The summed E-state index contributed by atoms with van der Waals surface area (Å²) >= 11 is 16.1. The Labute approximate surface area is 194 Å². The molecule has 1 aromatic heterocycles. The number of aromatic nitrogens is 1. The van der Waals surface area contributed by atoms with Crippen LogP contribution in [0.5, 0.6) is 0 Å². The van der Waals surface area contributed by atoms with Gasteiger partial charge in [-0.2, -0.15) is 0 Å². The number of benzene rings is 2. The molecule has 160 valence electrons. The fourth-order valence-electron chi connectivity index (χ4n) is 3.59. The van der Waals surface area contributed by atoms with Crippen molar-refractivity contribution < 1.29 is 13.2 Å². The monoisotopic (exact) mass is 530 g/mol. The molecule has 9 heteroatoms. The number of nitrogens with zero attached hydrogens (tertiary/aromatic N) is 1. The van der Waals surface area contributed by atoms with Gasteiger partial charge in [0.05, 0.1) is 27.4 Å². The van der Waals surface area contributed by atoms with Gasteiger partial charge in [-0.25, -0.2) is 13.1 Å². The van der Waals surface area contributed by atoms with Crippen molar-refractivity contribution in [2.75, 3.05) is 12.8 Å². The molecule has 1 heterocycles. The summed E-state index contributed by atoms with van der Waals surface area (Å²) in [6, 6.07) is 10.8. The van der Waals surface area contributed by atoms with E-state index in [2.05, 4.69) is 25.2 Å². The van der Waals surface area contributed by atoms with E-state index in [0.717, 1.165) is 27.3 Å². The van der Waals surface area contributed by atoms with Crippen LogP contribution in [0.25, 0.3) is 10.9 Å². The lowest BCUT2D eigenvalue weighted by Crippen LogP contribution is -2.24. The Balaban J connectivity index is 2.12. The zero-order valence-electron chi connectivity index (χ0n) is 16.5. The minimum atomic E-state index is -3.25. The van der Waals surface area contributed by atoms with E-state index in [1.54, 1.807) is 18.2 Å². The molecule has 3 aromatic rings. The van der Waals surface area contributed by atoms with Gasteiger partial charge in [-0.15, -0.1) is 0 Å². The second-order valence-electron chi connectivity index (χ2n) is 6.91. The van der Waals surface area contributed by atoms with Crippen LogP contribution < -0.4 is 4.72 Å². The highest BCUT2D eigenvalue weighted by Crippen LogP contribution is 2.36. The van der Waals surface area contributed by atoms with Gasteiger partial charge in [-0.05, 0) is 47.0 Å². The number of halogens is 3. The first-order valence-corrected chi connectivity index (χ1v) is 12.8. The molecule has 0 bridgehead atoms. The first kappa shape index (κ1) is 23.3. The van der Waals surface area contributed by atoms with Gasteiger partial charge in [-0.3, -0.25) is 4.79 Å². The predicted molar refractivity (Wildman–Crippen MR) is 126 cm³/mol. The van der Waals surface area contributed by atoms with Gasteiger partial charge in [0.1, 0.15) is 0 Å². The number of carbonyl (C=O) groups excluding carboxylic acids is 1. The quantitative estimate of drug-likeness (QED) is 0.310. The van der Waals surface area contributed by atoms with Crippen LogP contribution in [-0.4, -0.2) is 31.6 Å². The minimum absolute atomic E-state index is 0.185. The lowest BCUT2D eigenvalue weighted by Gasteiger charge is -2.12. The van der Waals surface area contributed by atoms with E-state index in [9.17, 15) is 13.2 Å². The van der Waals surface area contributed by atoms with Crippen LogP contribution in [0, 0.1) is 0 Å². The average Bonchev–Trinajstić information content (AvgIpc) is 3.00. The largest absolute Gasteiger partial charge is 0.343 e. The number of hydrogen-bond donors (Lipinski definition) is 1. The van der Waals surface area contributed by atoms with Crippen LogP contribution in [0.4, 0.5) is 0 Å². The van der Waals surface area contributed by atoms with Gasteiger partial charge >= 0.3 is 0 Å². The molecule has 0 aliphatic rings. The summed E-state index contributed by atoms with van der Waals surface area (Å²) in [5.74, 6) is -0.185. The van der Waals surface area contributed by atoms with Crippen molar-refractivity contribution in [2.24, 2.45) is 0 Å². The molecule has 0 aliphatic heterocycles. The van der Waals surface area contributed by atoms with Crippen molar-refractivity contribution >= 4 is 65.8 Å². The molecule has 5 nitrogen and oxygen atoms in total. The van der Waals surface area contributed by atoms with Crippen molar-refractivity contribution in [3.63, 3.8) is 0 Å². The lowest BCUT2D eigenvalue weighted by atomic mass is 9.99. The van der Waals surface area contributed by atoms with Gasteiger partial charge < -0.3 is 4.57 Å². The molecule has 0 unspecified atom stereocenters. The molecule has 0 spiro atoms. The third kappa shape index (κ3) is 4.75. The van der Waals surface area contributed by atoms with E-state index >= 15 is 0 Å². The van der Waals surface area contributed by atoms with Gasteiger partial charge in [0, 0.05) is 34.2 Å². The van der Waals surface area contributed by atoms with E-state index in [4.69, 9.17) is 23.2 Å². The first-order chi connectivity index (χ1) is 14.2. The summed E-state index contributed by atoms with van der Waals surface area (Å²) in [7, 11) is -3.25. The fraction of sp³-hybridized carbons (Fsp3) is 0.286. The van der Waals surface area contributed by atoms with Crippen LogP contribution in [-0.2, 0) is 23.0 Å². The Morgan fingerprint density at radius 1 is 1.17 bits per heavy atom. The minimum Gasteiger partial charge on any atom is -0.343 e. The molecular formula is C21H21BrCl2N2O3S. The number of aryl methyl sites for hydroxylation is 1. The molecule has 0 atom stereocenters. The van der Waals surface area contributed by atoms with Gasteiger partial charge in [0.25, 0.3) is 0 Å². The number of hydrogen-bond acceptors (Lipinski definition) is 3. The summed E-state index contributed by atoms with van der Waals surface area (Å²) in [5.41, 5.74) is 2.72. The maximum Gasteiger partial charge on any atom is 0.208 e. The molecule has 1 N–H and O–H groups in total. The molecule has 30 heavy (non-hydrogen) atoms. The number of fused-ring (bicyclic) bond motifs is 1. The van der Waals surface area contributed by atoms with E-state index in [0.29, 0.717) is 42.1 Å². The van der Waals surface area contributed by atoms with Crippen LogP contribution >= 0.6 is 39.1 Å². The van der Waals surface area contributed by atoms with E-state index in [-0.39, 0.29) is 10.8 Å². The van der Waals surface area contributed by atoms with Gasteiger partial charge in [0.15, 0.2) is 5.78 Å². The number of carbonyl (C=O) groups is 1. The Morgan fingerprint density at radius 3 is 2.53 bits per heavy atom. The molecule has 0 radical (unpaired) electrons. The molecular weight excluding hydrogens is 511 g/mol. The summed E-state index contributed by atoms with van der Waals surface area (Å²) in [4.78, 5) is 13.5. The molecule has 0 fully saturated rings. The second-order valence-corrected chi connectivity index (χ2v) is 10.4. The van der Waals surface area contributed by atoms with E-state index in [1.165, 1.54) is 0 Å². The smallest absolute Gasteiger partial charge is 0.208 e. The highest BCUT2D eigenvalue weighted by molar-refractivity contribution is 9.10. The Hall–Kier alpha value is -1.38. The van der Waals surface area contributed by atoms with Crippen LogP contribution in [0.15, 0.2) is 40.9 Å². The topological polar surface area (TPSA) is 68.2 Å². The van der Waals surface area contributed by atoms with E-state index in [1.807, 2.05) is 25.1 Å². The zero-order chi connectivity index (χ0) is 22.1. The number of rotatable bonds is 8. The summed E-state index contributed by atoms with van der Waals surface area (Å²) < 4.78 is 28.1. The lowest BCUT2D eigenvalue weighted by molar-refractivity contribution is 0.103. The van der Waals surface area contributed by atoms with Crippen molar-refractivity contribution in [1.82, 2.24) is 9.29 Å². The average molecular weight is 532 g/mol. The third-order valence-corrected chi connectivity index (χ3v) is 7.01. The highest BCUT2D eigenvalue weighted by Gasteiger charge is 2.25. The number of sulfonamides is 1. The molecule has 0 saturated heterocycles. The molecule has 0 saturated carbocycles. The second kappa shape index (κ2) is 9.40. The predicted octanol–water partition coefficient (Wildman–Crippen LogP) is 5.44. The van der Waals surface area contributed by atoms with Crippen LogP contribution in [0.3, 0.4) is 0 Å². The standard InChI is InChI=1S/C21H21BrCl2N2O3S/c1-3-17-18(21(27)14-8-5-10-16(23)19(14)24)13-7-4-9-15(22)20(13)26(17)12-6-11-25-30(2,28)29/h4-5,7-10,25H,3,6,11-12H2,1-2H3. The summed E-state index contributed by atoms with van der Waals surface area (Å²) in [5, 5.41) is 1.38. The van der Waals surface area contributed by atoms with Gasteiger partial charge in [0.2, 0.25) is 10.0 Å². The Kier molecular flexibility index (Phi) is 7.30. The number of para-hydroxylation sites is 1. The SMILES string of the molecule is CCc1c(C(=O)c2cccc(Cl)c2Cl)c2cccc(Br)c2n1CCCNS(C)(=O)=O.